The summed E-state index contributed by atoms with van der Waals surface area (Å²) in [6.45, 7) is 0. The molecule has 0 radical (unpaired) electrons. The van der Waals surface area contributed by atoms with Crippen LogP contribution in [0.1, 0.15) is 29.2 Å². The molecule has 1 aliphatic carbocycles. The lowest BCUT2D eigenvalue weighted by Gasteiger charge is -2.15. The molecule has 26 heavy (non-hydrogen) atoms. The number of nitrogens with one attached hydrogen (secondary N) is 1. The highest BCUT2D eigenvalue weighted by atomic mass is 16.5. The van der Waals surface area contributed by atoms with Crippen LogP contribution < -0.4 is 4.74 Å². The van der Waals surface area contributed by atoms with E-state index in [0.717, 1.165) is 46.3 Å². The highest BCUT2D eigenvalue weighted by Gasteiger charge is 2.24. The van der Waals surface area contributed by atoms with Crippen molar-refractivity contribution in [2.24, 2.45) is 0 Å². The number of nitriles is 1. The summed E-state index contributed by atoms with van der Waals surface area (Å²) in [7, 11) is 0. The number of benzene rings is 2. The van der Waals surface area contributed by atoms with Crippen LogP contribution in [0.5, 0.6) is 5.75 Å². The van der Waals surface area contributed by atoms with Crippen molar-refractivity contribution in [1.29, 1.82) is 5.26 Å². The fraction of sp³-hybridized carbons (Fsp3) is 0.150. The number of aromatic amines is 1. The van der Waals surface area contributed by atoms with Crippen LogP contribution in [0.25, 0.3) is 22.2 Å². The smallest absolute Gasteiger partial charge is 0.133 e. The van der Waals surface area contributed by atoms with Gasteiger partial charge < -0.3 is 9.26 Å². The molecule has 2 aromatic carbocycles. The standard InChI is InChI=1S/C20H14N4O2/c21-9-12-1-4-16-13(7-12)2-6-19(16)26-15-3-5-18-17(8-15)20(24-23-18)14-10-22-25-11-14/h1,3-5,7-8,10-11,19H,2,6H2,(H,23,24)/t19-/m0/s1. The lowest BCUT2D eigenvalue weighted by atomic mass is 10.1. The SMILES string of the molecule is N#Cc1ccc2c(c1)CC[C@@H]2Oc1ccc2[nH]nc(-c3cnoc3)c2c1. The summed E-state index contributed by atoms with van der Waals surface area (Å²) in [6.07, 6.45) is 5.05. The number of rotatable bonds is 3. The Morgan fingerprint density at radius 1 is 1.23 bits per heavy atom. The molecule has 0 aliphatic heterocycles. The first-order valence-corrected chi connectivity index (χ1v) is 8.39. The number of hydrogen-bond acceptors (Lipinski definition) is 5. The minimum atomic E-state index is 0.00105. The molecular weight excluding hydrogens is 328 g/mol. The maximum atomic E-state index is 9.05. The topological polar surface area (TPSA) is 87.7 Å². The van der Waals surface area contributed by atoms with Gasteiger partial charge >= 0.3 is 0 Å². The molecule has 1 atom stereocenters. The van der Waals surface area contributed by atoms with E-state index in [-0.39, 0.29) is 6.10 Å². The third-order valence-electron chi connectivity index (χ3n) is 4.81. The van der Waals surface area contributed by atoms with Crippen molar-refractivity contribution in [1.82, 2.24) is 15.4 Å². The van der Waals surface area contributed by atoms with Gasteiger partial charge in [-0.05, 0) is 54.3 Å². The number of hydrogen-bond donors (Lipinski definition) is 1. The molecule has 2 heterocycles. The monoisotopic (exact) mass is 342 g/mol. The van der Waals surface area contributed by atoms with Gasteiger partial charge in [0.2, 0.25) is 0 Å². The van der Waals surface area contributed by atoms with Gasteiger partial charge in [-0.3, -0.25) is 5.10 Å². The van der Waals surface area contributed by atoms with Gasteiger partial charge in [-0.25, -0.2) is 0 Å². The summed E-state index contributed by atoms with van der Waals surface area (Å²) >= 11 is 0. The number of aromatic nitrogens is 3. The molecule has 1 N–H and O–H groups in total. The number of nitrogens with zero attached hydrogens (tertiary/aromatic N) is 3. The van der Waals surface area contributed by atoms with E-state index in [1.165, 1.54) is 5.56 Å². The van der Waals surface area contributed by atoms with Crippen molar-refractivity contribution in [3.63, 3.8) is 0 Å². The molecule has 0 spiro atoms. The maximum absolute atomic E-state index is 9.05. The summed E-state index contributed by atoms with van der Waals surface area (Å²) < 4.78 is 11.2. The summed E-state index contributed by atoms with van der Waals surface area (Å²) in [6, 6.07) is 13.9. The fourth-order valence-corrected chi connectivity index (χ4v) is 3.54. The van der Waals surface area contributed by atoms with Crippen LogP contribution in [0.15, 0.2) is 53.4 Å². The molecule has 0 bridgehead atoms. The third-order valence-corrected chi connectivity index (χ3v) is 4.81. The largest absolute Gasteiger partial charge is 0.486 e. The van der Waals surface area contributed by atoms with Crippen molar-refractivity contribution in [3.05, 3.63) is 65.5 Å². The van der Waals surface area contributed by atoms with Crippen LogP contribution in [0.4, 0.5) is 0 Å². The molecule has 0 unspecified atom stereocenters. The molecule has 6 heteroatoms. The highest BCUT2D eigenvalue weighted by molar-refractivity contribution is 5.93. The second-order valence-corrected chi connectivity index (χ2v) is 6.36. The molecule has 6 nitrogen and oxygen atoms in total. The van der Waals surface area contributed by atoms with E-state index in [2.05, 4.69) is 21.4 Å². The average molecular weight is 342 g/mol. The summed E-state index contributed by atoms with van der Waals surface area (Å²) in [5.74, 6) is 0.791. The van der Waals surface area contributed by atoms with Gasteiger partial charge in [-0.15, -0.1) is 0 Å². The average Bonchev–Trinajstić information content (AvgIpc) is 3.40. The lowest BCUT2D eigenvalue weighted by Crippen LogP contribution is -2.03. The molecule has 0 saturated carbocycles. The molecule has 0 fully saturated rings. The Kier molecular flexibility index (Phi) is 3.25. The minimum Gasteiger partial charge on any atom is -0.486 e. The molecule has 0 amide bonds. The van der Waals surface area contributed by atoms with Crippen LogP contribution in [0, 0.1) is 11.3 Å². The second-order valence-electron chi connectivity index (χ2n) is 6.36. The number of aryl methyl sites for hydroxylation is 1. The lowest BCUT2D eigenvalue weighted by molar-refractivity contribution is 0.208. The third kappa shape index (κ3) is 2.33. The van der Waals surface area contributed by atoms with Gasteiger partial charge in [0.1, 0.15) is 23.8 Å². The Morgan fingerprint density at radius 2 is 2.19 bits per heavy atom. The Morgan fingerprint density at radius 3 is 3.04 bits per heavy atom. The zero-order valence-corrected chi connectivity index (χ0v) is 13.8. The van der Waals surface area contributed by atoms with Crippen LogP contribution >= 0.6 is 0 Å². The first-order valence-electron chi connectivity index (χ1n) is 8.39. The summed E-state index contributed by atoms with van der Waals surface area (Å²) in [5.41, 5.74) is 5.60. The van der Waals surface area contributed by atoms with E-state index in [9.17, 15) is 0 Å². The zero-order chi connectivity index (χ0) is 17.5. The van der Waals surface area contributed by atoms with Crippen molar-refractivity contribution in [3.8, 4) is 23.1 Å². The van der Waals surface area contributed by atoms with Crippen LogP contribution in [-0.4, -0.2) is 15.4 Å². The van der Waals surface area contributed by atoms with Crippen molar-refractivity contribution >= 4 is 10.9 Å². The molecular formula is C20H14N4O2. The molecule has 0 saturated heterocycles. The minimum absolute atomic E-state index is 0.00105. The maximum Gasteiger partial charge on any atom is 0.133 e. The van der Waals surface area contributed by atoms with Gasteiger partial charge in [0.15, 0.2) is 0 Å². The van der Waals surface area contributed by atoms with Crippen molar-refractivity contribution < 1.29 is 9.26 Å². The van der Waals surface area contributed by atoms with E-state index < -0.39 is 0 Å². The zero-order valence-electron chi connectivity index (χ0n) is 13.8. The fourth-order valence-electron chi connectivity index (χ4n) is 3.54. The van der Waals surface area contributed by atoms with Crippen LogP contribution in [0.2, 0.25) is 0 Å². The van der Waals surface area contributed by atoms with E-state index in [4.69, 9.17) is 14.5 Å². The predicted octanol–water partition coefficient (Wildman–Crippen LogP) is 4.16. The normalized spacial score (nSPS) is 15.7. The molecule has 1 aliphatic rings. The molecule has 2 aromatic heterocycles. The summed E-state index contributed by atoms with van der Waals surface area (Å²) in [5, 5.41) is 21.1. The van der Waals surface area contributed by atoms with E-state index in [1.54, 1.807) is 12.5 Å². The second kappa shape index (κ2) is 5.74. The predicted molar refractivity (Wildman–Crippen MR) is 94.4 cm³/mol. The first-order chi connectivity index (χ1) is 12.8. The highest BCUT2D eigenvalue weighted by Crippen LogP contribution is 2.37. The van der Waals surface area contributed by atoms with E-state index >= 15 is 0 Å². The van der Waals surface area contributed by atoms with E-state index in [0.29, 0.717) is 5.56 Å². The van der Waals surface area contributed by atoms with Gasteiger partial charge in [-0.1, -0.05) is 11.2 Å². The Bertz CT molecular complexity index is 1140. The summed E-state index contributed by atoms with van der Waals surface area (Å²) in [4.78, 5) is 0. The van der Waals surface area contributed by atoms with Gasteiger partial charge in [-0.2, -0.15) is 10.4 Å². The number of H-pyrrole nitrogens is 1. The van der Waals surface area contributed by atoms with Crippen LogP contribution in [-0.2, 0) is 6.42 Å². The molecule has 5 rings (SSSR count). The number of fused-ring (bicyclic) bond motifs is 2. The Hall–Kier alpha value is -3.59. The molecule has 126 valence electrons. The Labute approximate surface area is 149 Å². The van der Waals surface area contributed by atoms with Gasteiger partial charge in [0.25, 0.3) is 0 Å². The van der Waals surface area contributed by atoms with E-state index in [1.807, 2.05) is 36.4 Å². The first kappa shape index (κ1) is 14.7. The van der Waals surface area contributed by atoms with Gasteiger partial charge in [0, 0.05) is 5.39 Å². The van der Waals surface area contributed by atoms with Crippen molar-refractivity contribution in [2.75, 3.05) is 0 Å². The molecule has 4 aromatic rings. The number of ether oxygens (including phenoxy) is 1. The van der Waals surface area contributed by atoms with Gasteiger partial charge in [0.05, 0.1) is 28.9 Å². The van der Waals surface area contributed by atoms with Crippen LogP contribution in [0.3, 0.4) is 0 Å². The quantitative estimate of drug-likeness (QED) is 0.604. The van der Waals surface area contributed by atoms with Crippen molar-refractivity contribution in [2.45, 2.75) is 18.9 Å². The Balaban J connectivity index is 1.48.